The monoisotopic (exact) mass is 175 g/mol. The van der Waals surface area contributed by atoms with Crippen LogP contribution in [0, 0.1) is 6.08 Å². The number of rotatable bonds is 0. The maximum absolute atomic E-state index is 3.28. The number of hydrogen-bond donors (Lipinski definition) is 0. The zero-order chi connectivity index (χ0) is 9.19. The second-order valence-electron chi connectivity index (χ2n) is 3.42. The normalized spacial score (nSPS) is 20.3. The van der Waals surface area contributed by atoms with Crippen LogP contribution in [0.25, 0.3) is 0 Å². The molecule has 0 aromatic carbocycles. The van der Waals surface area contributed by atoms with Crippen molar-refractivity contribution in [1.29, 1.82) is 0 Å². The second kappa shape index (κ2) is 7.85. The zero-order valence-corrected chi connectivity index (χ0v) is 8.34. The van der Waals surface area contributed by atoms with Gasteiger partial charge in [-0.3, -0.25) is 0 Å². The molecule has 0 N–H and O–H groups in total. The molecule has 1 aliphatic carbocycles. The van der Waals surface area contributed by atoms with E-state index in [9.17, 15) is 0 Å². The van der Waals surface area contributed by atoms with Gasteiger partial charge in [0.25, 0.3) is 0 Å². The Morgan fingerprint density at radius 3 is 2.23 bits per heavy atom. The fourth-order valence-electron chi connectivity index (χ4n) is 1.39. The Hall–Kier alpha value is -0.780. The smallest absolute Gasteiger partial charge is 0.00979 e. The molecule has 1 radical (unpaired) electrons. The third-order valence-electron chi connectivity index (χ3n) is 2.18. The summed E-state index contributed by atoms with van der Waals surface area (Å²) in [6, 6.07) is 0. The summed E-state index contributed by atoms with van der Waals surface area (Å²) in [5.41, 5.74) is 0. The van der Waals surface area contributed by atoms with Gasteiger partial charge in [0.15, 0.2) is 0 Å². The highest BCUT2D eigenvalue weighted by Gasteiger charge is 1.85. The van der Waals surface area contributed by atoms with Crippen molar-refractivity contribution in [3.05, 3.63) is 36.5 Å². The molecule has 0 aromatic rings. The Morgan fingerprint density at radius 2 is 1.38 bits per heavy atom. The second-order valence-corrected chi connectivity index (χ2v) is 3.42. The van der Waals surface area contributed by atoms with Crippen LogP contribution in [0.4, 0.5) is 0 Å². The minimum atomic E-state index is 0.990. The predicted molar refractivity (Wildman–Crippen MR) is 58.4 cm³/mol. The third kappa shape index (κ3) is 6.39. The Kier molecular flexibility index (Phi) is 6.22. The van der Waals surface area contributed by atoms with E-state index in [1.54, 1.807) is 0 Å². The highest BCUT2D eigenvalue weighted by atomic mass is 13.9. The van der Waals surface area contributed by atoms with E-state index in [1.165, 1.54) is 32.1 Å². The fourth-order valence-corrected chi connectivity index (χ4v) is 1.39. The van der Waals surface area contributed by atoms with Gasteiger partial charge in [-0.25, -0.2) is 0 Å². The average molecular weight is 175 g/mol. The molecular weight excluding hydrogens is 156 g/mol. The minimum Gasteiger partial charge on any atom is -0.0885 e. The first-order chi connectivity index (χ1) is 6.50. The molecule has 0 saturated carbocycles. The maximum Gasteiger partial charge on any atom is -0.00979 e. The van der Waals surface area contributed by atoms with Crippen LogP contribution in [-0.4, -0.2) is 0 Å². The van der Waals surface area contributed by atoms with Crippen LogP contribution < -0.4 is 0 Å². The Morgan fingerprint density at radius 1 is 0.692 bits per heavy atom. The van der Waals surface area contributed by atoms with Gasteiger partial charge in [-0.05, 0) is 51.0 Å². The molecule has 0 aliphatic heterocycles. The lowest BCUT2D eigenvalue weighted by Crippen LogP contribution is -1.72. The molecular formula is C13H19. The van der Waals surface area contributed by atoms with Crippen molar-refractivity contribution in [3.63, 3.8) is 0 Å². The van der Waals surface area contributed by atoms with Crippen molar-refractivity contribution in [2.24, 2.45) is 0 Å². The quantitative estimate of drug-likeness (QED) is 0.484. The Balaban J connectivity index is 2.28. The van der Waals surface area contributed by atoms with Crippen molar-refractivity contribution in [2.45, 2.75) is 44.9 Å². The van der Waals surface area contributed by atoms with E-state index >= 15 is 0 Å². The molecule has 0 fully saturated rings. The summed E-state index contributed by atoms with van der Waals surface area (Å²) in [4.78, 5) is 0. The van der Waals surface area contributed by atoms with Crippen LogP contribution >= 0.6 is 0 Å². The highest BCUT2D eigenvalue weighted by Crippen LogP contribution is 2.04. The van der Waals surface area contributed by atoms with Gasteiger partial charge in [0.2, 0.25) is 0 Å². The van der Waals surface area contributed by atoms with E-state index in [1.807, 2.05) is 0 Å². The molecule has 71 valence electrons. The van der Waals surface area contributed by atoms with Crippen molar-refractivity contribution >= 4 is 0 Å². The van der Waals surface area contributed by atoms with Gasteiger partial charge in [-0.2, -0.15) is 0 Å². The lowest BCUT2D eigenvalue weighted by molar-refractivity contribution is 0.759. The molecule has 0 saturated heterocycles. The summed E-state index contributed by atoms with van der Waals surface area (Å²) in [5.74, 6) is 0. The lowest BCUT2D eigenvalue weighted by atomic mass is 10.1. The van der Waals surface area contributed by atoms with Crippen molar-refractivity contribution in [2.75, 3.05) is 0 Å². The highest BCUT2D eigenvalue weighted by molar-refractivity contribution is 4.91. The van der Waals surface area contributed by atoms with Crippen molar-refractivity contribution in [3.8, 4) is 0 Å². The molecule has 0 nitrogen and oxygen atoms in total. The van der Waals surface area contributed by atoms with Gasteiger partial charge in [0, 0.05) is 0 Å². The van der Waals surface area contributed by atoms with Crippen molar-refractivity contribution in [1.82, 2.24) is 0 Å². The largest absolute Gasteiger partial charge is 0.0885 e. The van der Waals surface area contributed by atoms with E-state index in [2.05, 4.69) is 36.5 Å². The minimum absolute atomic E-state index is 0.990. The summed E-state index contributed by atoms with van der Waals surface area (Å²) in [6.07, 6.45) is 23.0. The van der Waals surface area contributed by atoms with Crippen LogP contribution in [0.15, 0.2) is 30.4 Å². The maximum atomic E-state index is 3.28. The van der Waals surface area contributed by atoms with Crippen LogP contribution in [0.1, 0.15) is 44.9 Å². The lowest BCUT2D eigenvalue weighted by Gasteiger charge is -1.92. The average Bonchev–Trinajstić information content (AvgIpc) is 2.18. The number of allylic oxidation sites excluding steroid dienone is 6. The first-order valence-corrected chi connectivity index (χ1v) is 5.35. The van der Waals surface area contributed by atoms with Crippen LogP contribution in [0.2, 0.25) is 0 Å². The van der Waals surface area contributed by atoms with Gasteiger partial charge in [0.05, 0.1) is 0 Å². The zero-order valence-electron chi connectivity index (χ0n) is 8.34. The van der Waals surface area contributed by atoms with Crippen LogP contribution in [-0.2, 0) is 0 Å². The molecule has 0 aromatic heterocycles. The van der Waals surface area contributed by atoms with Gasteiger partial charge >= 0.3 is 0 Å². The molecule has 0 heteroatoms. The van der Waals surface area contributed by atoms with Gasteiger partial charge in [-0.1, -0.05) is 30.4 Å². The topological polar surface area (TPSA) is 0 Å². The molecule has 1 aliphatic rings. The molecule has 0 spiro atoms. The molecule has 0 bridgehead atoms. The SMILES string of the molecule is [C]1=CCCC=CCCCCC=CC1. The predicted octanol–water partition coefficient (Wildman–Crippen LogP) is 4.20. The summed E-state index contributed by atoms with van der Waals surface area (Å²) in [6.45, 7) is 0. The molecule has 0 atom stereocenters. The Bertz CT molecular complexity index is 184. The molecule has 13 heavy (non-hydrogen) atoms. The van der Waals surface area contributed by atoms with E-state index in [0.717, 1.165) is 12.8 Å². The third-order valence-corrected chi connectivity index (χ3v) is 2.18. The molecule has 0 unspecified atom stereocenters. The summed E-state index contributed by atoms with van der Waals surface area (Å²) in [5, 5.41) is 0. The number of hydrogen-bond acceptors (Lipinski definition) is 0. The van der Waals surface area contributed by atoms with E-state index < -0.39 is 0 Å². The Labute approximate surface area is 82.0 Å². The molecule has 0 amide bonds. The summed E-state index contributed by atoms with van der Waals surface area (Å²) in [7, 11) is 0. The van der Waals surface area contributed by atoms with E-state index in [-0.39, 0.29) is 0 Å². The standard InChI is InChI=1S/C13H19/c1-2-4-6-8-10-12-13-11-9-7-5-3-1/h1-2,7,12-13H,3-6,8,10-11H2. The molecule has 0 heterocycles. The molecule has 1 rings (SSSR count). The summed E-state index contributed by atoms with van der Waals surface area (Å²) < 4.78 is 0. The first kappa shape index (κ1) is 10.3. The van der Waals surface area contributed by atoms with Gasteiger partial charge in [-0.15, -0.1) is 0 Å². The summed E-state index contributed by atoms with van der Waals surface area (Å²) >= 11 is 0. The van der Waals surface area contributed by atoms with Gasteiger partial charge < -0.3 is 0 Å². The van der Waals surface area contributed by atoms with Crippen LogP contribution in [0.5, 0.6) is 0 Å². The van der Waals surface area contributed by atoms with Gasteiger partial charge in [0.1, 0.15) is 0 Å². The van der Waals surface area contributed by atoms with Crippen LogP contribution in [0.3, 0.4) is 0 Å². The van der Waals surface area contributed by atoms with Crippen molar-refractivity contribution < 1.29 is 0 Å². The van der Waals surface area contributed by atoms with E-state index in [0.29, 0.717) is 0 Å². The fraction of sp³-hybridized carbons (Fsp3) is 0.538. The first-order valence-electron chi connectivity index (χ1n) is 5.35. The van der Waals surface area contributed by atoms with E-state index in [4.69, 9.17) is 0 Å².